The second-order valence-electron chi connectivity index (χ2n) is 7.34. The van der Waals surface area contributed by atoms with Crippen molar-refractivity contribution in [3.05, 3.63) is 30.3 Å². The van der Waals surface area contributed by atoms with Crippen LogP contribution in [0.4, 0.5) is 0 Å². The molecule has 0 bridgehead atoms. The molecule has 8 nitrogen and oxygen atoms in total. The first-order chi connectivity index (χ1) is 13.8. The van der Waals surface area contributed by atoms with Gasteiger partial charge in [-0.05, 0) is 18.1 Å². The summed E-state index contributed by atoms with van der Waals surface area (Å²) in [5, 5.41) is 12.2. The summed E-state index contributed by atoms with van der Waals surface area (Å²) in [6.07, 6.45) is 0.949. The summed E-state index contributed by atoms with van der Waals surface area (Å²) < 4.78 is 26.7. The van der Waals surface area contributed by atoms with Crippen LogP contribution in [-0.4, -0.2) is 73.4 Å². The van der Waals surface area contributed by atoms with E-state index < -0.39 is 10.0 Å². The van der Waals surface area contributed by atoms with Crippen molar-refractivity contribution >= 4 is 21.8 Å². The fraction of sp³-hybridized carbons (Fsp3) is 0.600. The molecule has 1 aromatic rings. The van der Waals surface area contributed by atoms with E-state index in [1.54, 1.807) is 35.2 Å². The van der Waals surface area contributed by atoms with E-state index in [1.165, 1.54) is 4.31 Å². The van der Waals surface area contributed by atoms with Crippen molar-refractivity contribution in [3.63, 3.8) is 0 Å². The molecule has 0 spiro atoms. The van der Waals surface area contributed by atoms with Crippen LogP contribution in [0.5, 0.6) is 0 Å². The number of nitrogens with one attached hydrogen (secondary N) is 1. The summed E-state index contributed by atoms with van der Waals surface area (Å²) in [5.74, 6) is -0.275. The highest BCUT2D eigenvalue weighted by molar-refractivity contribution is 7.89. The number of piperazine rings is 1. The largest absolute Gasteiger partial charge is 0.394 e. The molecule has 2 atom stereocenters. The number of hydrogen-bond donors (Lipinski definition) is 2. The predicted octanol–water partition coefficient (Wildman–Crippen LogP) is 0.823. The van der Waals surface area contributed by atoms with Gasteiger partial charge in [-0.15, -0.1) is 0 Å². The average Bonchev–Trinajstić information content (AvgIpc) is 2.75. The molecule has 0 unspecified atom stereocenters. The Balaban J connectivity index is 1.81. The summed E-state index contributed by atoms with van der Waals surface area (Å²) in [7, 11) is -3.56. The van der Waals surface area contributed by atoms with Crippen molar-refractivity contribution in [2.24, 2.45) is 5.92 Å². The van der Waals surface area contributed by atoms with Crippen molar-refractivity contribution in [1.29, 1.82) is 0 Å². The third kappa shape index (κ3) is 6.25. The number of nitrogens with zero attached hydrogens (tertiary/aromatic N) is 2. The van der Waals surface area contributed by atoms with E-state index in [2.05, 4.69) is 5.32 Å². The first-order valence-corrected chi connectivity index (χ1v) is 11.5. The number of aliphatic hydroxyl groups excluding tert-OH is 1. The molecule has 2 rings (SSSR count). The Morgan fingerprint density at radius 3 is 2.28 bits per heavy atom. The molecular formula is C20H31N3O5S. The number of aliphatic hydroxyl groups is 1. The van der Waals surface area contributed by atoms with Gasteiger partial charge in [-0.1, -0.05) is 38.5 Å². The van der Waals surface area contributed by atoms with E-state index >= 15 is 0 Å². The topological polar surface area (TPSA) is 107 Å². The highest BCUT2D eigenvalue weighted by atomic mass is 32.2. The molecule has 0 aromatic heterocycles. The van der Waals surface area contributed by atoms with E-state index in [0.29, 0.717) is 13.1 Å². The van der Waals surface area contributed by atoms with Gasteiger partial charge in [-0.25, -0.2) is 8.42 Å². The Kier molecular flexibility index (Phi) is 8.60. The van der Waals surface area contributed by atoms with Gasteiger partial charge in [-0.3, -0.25) is 9.59 Å². The Morgan fingerprint density at radius 2 is 1.72 bits per heavy atom. The van der Waals surface area contributed by atoms with Crippen LogP contribution in [0.15, 0.2) is 35.2 Å². The summed E-state index contributed by atoms with van der Waals surface area (Å²) in [6, 6.07) is 7.93. The number of sulfonamides is 1. The second-order valence-corrected chi connectivity index (χ2v) is 9.28. The third-order valence-electron chi connectivity index (χ3n) is 5.41. The van der Waals surface area contributed by atoms with E-state index in [4.69, 9.17) is 0 Å². The smallest absolute Gasteiger partial charge is 0.243 e. The average molecular weight is 426 g/mol. The summed E-state index contributed by atoms with van der Waals surface area (Å²) in [6.45, 7) is 4.88. The van der Waals surface area contributed by atoms with Crippen molar-refractivity contribution in [2.75, 3.05) is 32.8 Å². The van der Waals surface area contributed by atoms with Gasteiger partial charge in [0.2, 0.25) is 21.8 Å². The van der Waals surface area contributed by atoms with E-state index in [0.717, 1.165) is 6.42 Å². The number of amides is 2. The van der Waals surface area contributed by atoms with Crippen molar-refractivity contribution in [2.45, 2.75) is 44.0 Å². The lowest BCUT2D eigenvalue weighted by atomic mass is 10.00. The van der Waals surface area contributed by atoms with Crippen LogP contribution in [0.25, 0.3) is 0 Å². The van der Waals surface area contributed by atoms with Gasteiger partial charge in [0.15, 0.2) is 0 Å². The van der Waals surface area contributed by atoms with Crippen LogP contribution in [0, 0.1) is 5.92 Å². The molecular weight excluding hydrogens is 394 g/mol. The quantitative estimate of drug-likeness (QED) is 0.609. The van der Waals surface area contributed by atoms with Gasteiger partial charge in [0, 0.05) is 39.0 Å². The lowest BCUT2D eigenvalue weighted by Gasteiger charge is -2.34. The van der Waals surface area contributed by atoms with Crippen LogP contribution in [0.2, 0.25) is 0 Å². The molecule has 1 saturated heterocycles. The molecule has 29 heavy (non-hydrogen) atoms. The minimum Gasteiger partial charge on any atom is -0.394 e. The monoisotopic (exact) mass is 425 g/mol. The first-order valence-electron chi connectivity index (χ1n) is 10.0. The minimum atomic E-state index is -3.56. The molecule has 1 aliphatic heterocycles. The molecule has 1 heterocycles. The van der Waals surface area contributed by atoms with Crippen molar-refractivity contribution in [3.8, 4) is 0 Å². The van der Waals surface area contributed by atoms with Crippen LogP contribution in [-0.2, 0) is 19.6 Å². The van der Waals surface area contributed by atoms with Gasteiger partial charge in [0.25, 0.3) is 0 Å². The highest BCUT2D eigenvalue weighted by Crippen LogP contribution is 2.17. The van der Waals surface area contributed by atoms with Gasteiger partial charge in [0.05, 0.1) is 17.5 Å². The molecule has 0 saturated carbocycles. The lowest BCUT2D eigenvalue weighted by molar-refractivity contribution is -0.134. The molecule has 0 radical (unpaired) electrons. The molecule has 2 amide bonds. The first kappa shape index (κ1) is 23.3. The SMILES string of the molecule is CC[C@H](C)[C@H](CO)NC(=O)CCC(=O)N1CCN(S(=O)(=O)c2ccccc2)CC1. The number of carbonyl (C=O) groups excluding carboxylic acids is 2. The van der Waals surface area contributed by atoms with Crippen LogP contribution >= 0.6 is 0 Å². The van der Waals surface area contributed by atoms with Crippen LogP contribution in [0.1, 0.15) is 33.1 Å². The van der Waals surface area contributed by atoms with E-state index in [9.17, 15) is 23.1 Å². The van der Waals surface area contributed by atoms with Gasteiger partial charge < -0.3 is 15.3 Å². The third-order valence-corrected chi connectivity index (χ3v) is 7.33. The van der Waals surface area contributed by atoms with Crippen molar-refractivity contribution in [1.82, 2.24) is 14.5 Å². The zero-order chi connectivity index (χ0) is 21.4. The summed E-state index contributed by atoms with van der Waals surface area (Å²) in [5.41, 5.74) is 0. The molecule has 1 fully saturated rings. The van der Waals surface area contributed by atoms with Gasteiger partial charge >= 0.3 is 0 Å². The number of rotatable bonds is 9. The Hall–Kier alpha value is -1.97. The number of hydrogen-bond acceptors (Lipinski definition) is 5. The van der Waals surface area contributed by atoms with Gasteiger partial charge in [0.1, 0.15) is 0 Å². The van der Waals surface area contributed by atoms with Gasteiger partial charge in [-0.2, -0.15) is 4.31 Å². The molecule has 2 N–H and O–H groups in total. The zero-order valence-electron chi connectivity index (χ0n) is 17.1. The van der Waals surface area contributed by atoms with Crippen LogP contribution in [0.3, 0.4) is 0 Å². The Bertz CT molecular complexity index is 777. The molecule has 1 aromatic carbocycles. The van der Waals surface area contributed by atoms with Crippen molar-refractivity contribution < 1.29 is 23.1 Å². The molecule has 1 aliphatic rings. The highest BCUT2D eigenvalue weighted by Gasteiger charge is 2.30. The summed E-state index contributed by atoms with van der Waals surface area (Å²) in [4.78, 5) is 26.3. The van der Waals surface area contributed by atoms with Crippen LogP contribution < -0.4 is 5.32 Å². The zero-order valence-corrected chi connectivity index (χ0v) is 17.9. The van der Waals surface area contributed by atoms with E-state index in [1.807, 2.05) is 13.8 Å². The minimum absolute atomic E-state index is 0.0499. The predicted molar refractivity (Wildman–Crippen MR) is 109 cm³/mol. The summed E-state index contributed by atoms with van der Waals surface area (Å²) >= 11 is 0. The number of carbonyl (C=O) groups is 2. The number of benzene rings is 1. The Labute approximate surface area is 172 Å². The fourth-order valence-electron chi connectivity index (χ4n) is 3.23. The second kappa shape index (κ2) is 10.7. The molecule has 162 valence electrons. The fourth-order valence-corrected chi connectivity index (χ4v) is 4.67. The van der Waals surface area contributed by atoms with E-state index in [-0.39, 0.29) is 61.2 Å². The maximum absolute atomic E-state index is 12.6. The Morgan fingerprint density at radius 1 is 1.10 bits per heavy atom. The normalized spacial score (nSPS) is 17.6. The molecule has 0 aliphatic carbocycles. The lowest BCUT2D eigenvalue weighted by Crippen LogP contribution is -2.50. The standard InChI is InChI=1S/C20H31N3O5S/c1-3-16(2)18(15-24)21-19(25)9-10-20(26)22-11-13-23(14-12-22)29(27,28)17-7-5-4-6-8-17/h4-8,16,18,24H,3,9-15H2,1-2H3,(H,21,25)/t16-,18-/m0/s1. The molecule has 9 heteroatoms. The maximum atomic E-state index is 12.6. The maximum Gasteiger partial charge on any atom is 0.243 e.